The van der Waals surface area contributed by atoms with Gasteiger partial charge in [0, 0.05) is 32.9 Å². The lowest BCUT2D eigenvalue weighted by Crippen LogP contribution is -2.26. The van der Waals surface area contributed by atoms with Crippen LogP contribution in [-0.4, -0.2) is 28.8 Å². The fourth-order valence-corrected chi connectivity index (χ4v) is 1.72. The van der Waals surface area contributed by atoms with E-state index in [2.05, 4.69) is 10.3 Å². The summed E-state index contributed by atoms with van der Waals surface area (Å²) in [5.74, 6) is 0. The van der Waals surface area contributed by atoms with E-state index in [1.54, 1.807) is 0 Å². The quantitative estimate of drug-likeness (QED) is 0.768. The van der Waals surface area contributed by atoms with Gasteiger partial charge in [-0.05, 0) is 12.8 Å². The average Bonchev–Trinajstić information content (AvgIpc) is 2.78. The lowest BCUT2D eigenvalue weighted by Gasteiger charge is -2.10. The maximum Gasteiger partial charge on any atom is 0.0945 e. The molecule has 1 saturated heterocycles. The van der Waals surface area contributed by atoms with Crippen LogP contribution in [0.5, 0.6) is 0 Å². The summed E-state index contributed by atoms with van der Waals surface area (Å²) in [7, 11) is 2.01. The fraction of sp³-hybridized carbons (Fsp3) is 0.700. The number of rotatable bonds is 4. The second kappa shape index (κ2) is 4.57. The highest BCUT2D eigenvalue weighted by Crippen LogP contribution is 2.10. The van der Waals surface area contributed by atoms with Gasteiger partial charge in [0.05, 0.1) is 18.1 Å². The summed E-state index contributed by atoms with van der Waals surface area (Å²) in [4.78, 5) is 4.06. The Morgan fingerprint density at radius 1 is 1.71 bits per heavy atom. The van der Waals surface area contributed by atoms with E-state index < -0.39 is 0 Å². The molecule has 2 rings (SSSR count). The Kier molecular flexibility index (Phi) is 3.16. The molecule has 14 heavy (non-hydrogen) atoms. The molecule has 4 nitrogen and oxygen atoms in total. The van der Waals surface area contributed by atoms with Crippen molar-refractivity contribution in [2.75, 3.05) is 13.2 Å². The second-order valence-corrected chi connectivity index (χ2v) is 3.76. The van der Waals surface area contributed by atoms with Crippen molar-refractivity contribution in [3.63, 3.8) is 0 Å². The lowest BCUT2D eigenvalue weighted by molar-refractivity contribution is 0.110. The maximum atomic E-state index is 5.52. The van der Waals surface area contributed by atoms with Crippen LogP contribution in [0.3, 0.4) is 0 Å². The van der Waals surface area contributed by atoms with Crippen molar-refractivity contribution in [2.24, 2.45) is 7.05 Å². The molecular weight excluding hydrogens is 178 g/mol. The Morgan fingerprint density at radius 3 is 3.29 bits per heavy atom. The number of hydrogen-bond acceptors (Lipinski definition) is 3. The number of aryl methyl sites for hydroxylation is 1. The van der Waals surface area contributed by atoms with Crippen molar-refractivity contribution in [3.8, 4) is 0 Å². The zero-order chi connectivity index (χ0) is 9.80. The van der Waals surface area contributed by atoms with Crippen molar-refractivity contribution in [1.29, 1.82) is 0 Å². The third-order valence-corrected chi connectivity index (χ3v) is 2.62. The van der Waals surface area contributed by atoms with Gasteiger partial charge in [-0.1, -0.05) is 0 Å². The highest BCUT2D eigenvalue weighted by molar-refractivity contribution is 4.96. The van der Waals surface area contributed by atoms with E-state index in [0.29, 0.717) is 6.10 Å². The largest absolute Gasteiger partial charge is 0.377 e. The number of imidazole rings is 1. The number of hydrogen-bond donors (Lipinski definition) is 1. The van der Waals surface area contributed by atoms with Crippen LogP contribution in [0.15, 0.2) is 12.5 Å². The van der Waals surface area contributed by atoms with E-state index in [1.165, 1.54) is 18.5 Å². The Morgan fingerprint density at radius 2 is 2.64 bits per heavy atom. The van der Waals surface area contributed by atoms with Gasteiger partial charge in [0.1, 0.15) is 0 Å². The van der Waals surface area contributed by atoms with Gasteiger partial charge in [-0.25, -0.2) is 4.98 Å². The van der Waals surface area contributed by atoms with E-state index in [9.17, 15) is 0 Å². The zero-order valence-electron chi connectivity index (χ0n) is 8.57. The maximum absolute atomic E-state index is 5.52. The predicted octanol–water partition coefficient (Wildman–Crippen LogP) is 0.689. The van der Waals surface area contributed by atoms with Crippen molar-refractivity contribution < 1.29 is 4.74 Å². The SMILES string of the molecule is Cn1cncc1CNCC1CCCO1. The number of nitrogens with zero attached hydrogens (tertiary/aromatic N) is 2. The lowest BCUT2D eigenvalue weighted by atomic mass is 10.2. The first kappa shape index (κ1) is 9.68. The summed E-state index contributed by atoms with van der Waals surface area (Å²) in [5, 5.41) is 3.38. The van der Waals surface area contributed by atoms with Crippen LogP contribution in [0.1, 0.15) is 18.5 Å². The second-order valence-electron chi connectivity index (χ2n) is 3.76. The first-order valence-electron chi connectivity index (χ1n) is 5.14. The molecule has 0 spiro atoms. The molecule has 4 heteroatoms. The van der Waals surface area contributed by atoms with Crippen LogP contribution in [0, 0.1) is 0 Å². The minimum Gasteiger partial charge on any atom is -0.377 e. The minimum atomic E-state index is 0.420. The molecule has 78 valence electrons. The summed E-state index contributed by atoms with van der Waals surface area (Å²) in [5.41, 5.74) is 1.21. The molecule has 1 aliphatic rings. The summed E-state index contributed by atoms with van der Waals surface area (Å²) < 4.78 is 7.55. The molecule has 0 bridgehead atoms. The van der Waals surface area contributed by atoms with Gasteiger partial charge in [0.15, 0.2) is 0 Å². The molecule has 0 aromatic carbocycles. The van der Waals surface area contributed by atoms with Crippen LogP contribution in [0.25, 0.3) is 0 Å². The molecule has 1 unspecified atom stereocenters. The first-order chi connectivity index (χ1) is 6.86. The van der Waals surface area contributed by atoms with Crippen molar-refractivity contribution >= 4 is 0 Å². The molecular formula is C10H17N3O. The van der Waals surface area contributed by atoms with Gasteiger partial charge in [-0.15, -0.1) is 0 Å². The van der Waals surface area contributed by atoms with Gasteiger partial charge in [0.25, 0.3) is 0 Å². The molecule has 1 aromatic heterocycles. The monoisotopic (exact) mass is 195 g/mol. The van der Waals surface area contributed by atoms with Crippen molar-refractivity contribution in [3.05, 3.63) is 18.2 Å². The van der Waals surface area contributed by atoms with Crippen LogP contribution < -0.4 is 5.32 Å². The Bertz CT molecular complexity index is 279. The molecule has 1 aromatic rings. The van der Waals surface area contributed by atoms with Gasteiger partial charge >= 0.3 is 0 Å². The molecule has 0 aliphatic carbocycles. The Hall–Kier alpha value is -0.870. The number of nitrogens with one attached hydrogen (secondary N) is 1. The molecule has 0 amide bonds. The van der Waals surface area contributed by atoms with Gasteiger partial charge in [0.2, 0.25) is 0 Å². The molecule has 1 fully saturated rings. The predicted molar refractivity (Wildman–Crippen MR) is 53.9 cm³/mol. The fourth-order valence-electron chi connectivity index (χ4n) is 1.72. The van der Waals surface area contributed by atoms with Crippen LogP contribution in [0.4, 0.5) is 0 Å². The topological polar surface area (TPSA) is 39.1 Å². The van der Waals surface area contributed by atoms with Crippen LogP contribution in [0.2, 0.25) is 0 Å². The van der Waals surface area contributed by atoms with Gasteiger partial charge in [-0.3, -0.25) is 0 Å². The van der Waals surface area contributed by atoms with Crippen LogP contribution in [-0.2, 0) is 18.3 Å². The van der Waals surface area contributed by atoms with Crippen molar-refractivity contribution in [1.82, 2.24) is 14.9 Å². The molecule has 1 atom stereocenters. The summed E-state index contributed by atoms with van der Waals surface area (Å²) in [6.07, 6.45) is 6.53. The molecule has 1 aliphatic heterocycles. The van der Waals surface area contributed by atoms with E-state index in [4.69, 9.17) is 4.74 Å². The summed E-state index contributed by atoms with van der Waals surface area (Å²) in [6, 6.07) is 0. The Labute approximate surface area is 84.3 Å². The van der Waals surface area contributed by atoms with E-state index in [0.717, 1.165) is 19.7 Å². The molecule has 0 saturated carbocycles. The first-order valence-corrected chi connectivity index (χ1v) is 5.14. The third-order valence-electron chi connectivity index (χ3n) is 2.62. The zero-order valence-corrected chi connectivity index (χ0v) is 8.57. The van der Waals surface area contributed by atoms with Crippen LogP contribution >= 0.6 is 0 Å². The normalized spacial score (nSPS) is 21.6. The average molecular weight is 195 g/mol. The van der Waals surface area contributed by atoms with Gasteiger partial charge < -0.3 is 14.6 Å². The molecule has 1 N–H and O–H groups in total. The number of ether oxygens (including phenoxy) is 1. The van der Waals surface area contributed by atoms with E-state index in [-0.39, 0.29) is 0 Å². The molecule has 2 heterocycles. The van der Waals surface area contributed by atoms with E-state index >= 15 is 0 Å². The standard InChI is InChI=1S/C10H17N3O/c1-13-8-12-6-9(13)5-11-7-10-3-2-4-14-10/h6,8,10-11H,2-5,7H2,1H3. The van der Waals surface area contributed by atoms with Crippen molar-refractivity contribution in [2.45, 2.75) is 25.5 Å². The van der Waals surface area contributed by atoms with E-state index in [1.807, 2.05) is 24.1 Å². The minimum absolute atomic E-state index is 0.420. The van der Waals surface area contributed by atoms with Gasteiger partial charge in [-0.2, -0.15) is 0 Å². The number of aromatic nitrogens is 2. The molecule has 0 radical (unpaired) electrons. The Balaban J connectivity index is 1.70. The highest BCUT2D eigenvalue weighted by Gasteiger charge is 2.14. The summed E-state index contributed by atoms with van der Waals surface area (Å²) >= 11 is 0. The highest BCUT2D eigenvalue weighted by atomic mass is 16.5. The summed E-state index contributed by atoms with van der Waals surface area (Å²) in [6.45, 7) is 2.75. The third kappa shape index (κ3) is 2.33. The smallest absolute Gasteiger partial charge is 0.0945 e.